The molecule has 1 aromatic heterocycles. The quantitative estimate of drug-likeness (QED) is 0.856. The molecule has 1 aliphatic heterocycles. The number of thiophene rings is 1. The maximum Gasteiger partial charge on any atom is 0.407 e. The Bertz CT molecular complexity index is 467. The van der Waals surface area contributed by atoms with Crippen molar-refractivity contribution in [1.29, 1.82) is 0 Å². The summed E-state index contributed by atoms with van der Waals surface area (Å²) in [7, 11) is 0. The average molecular weight is 267 g/mol. The normalized spacial score (nSPS) is 18.8. The summed E-state index contributed by atoms with van der Waals surface area (Å²) in [6, 6.07) is 1.81. The second kappa shape index (κ2) is 5.10. The molecule has 1 aromatic rings. The standard InChI is InChI=1S/C13H17NO3S/c1-8(2)5-11-12-9(6-10(7-15)18-12)3-4-14(11)13(16)17/h6-8,11H,3-5H2,1-2H3,(H,16,17). The summed E-state index contributed by atoms with van der Waals surface area (Å²) in [6.07, 6.45) is 1.49. The van der Waals surface area contributed by atoms with Gasteiger partial charge in [0.25, 0.3) is 0 Å². The number of amides is 1. The number of rotatable bonds is 3. The van der Waals surface area contributed by atoms with Gasteiger partial charge in [-0.1, -0.05) is 13.8 Å². The van der Waals surface area contributed by atoms with Gasteiger partial charge in [-0.2, -0.15) is 0 Å². The first-order valence-corrected chi connectivity index (χ1v) is 6.92. The molecule has 1 amide bonds. The van der Waals surface area contributed by atoms with Crippen LogP contribution in [-0.2, 0) is 6.42 Å². The van der Waals surface area contributed by atoms with Crippen LogP contribution in [0.2, 0.25) is 0 Å². The summed E-state index contributed by atoms with van der Waals surface area (Å²) in [5.41, 5.74) is 1.14. The third-order valence-corrected chi connectivity index (χ3v) is 4.42. The first-order chi connectivity index (χ1) is 8.52. The molecule has 0 radical (unpaired) electrons. The van der Waals surface area contributed by atoms with E-state index in [1.807, 2.05) is 6.07 Å². The number of hydrogen-bond acceptors (Lipinski definition) is 3. The fraction of sp³-hybridized carbons (Fsp3) is 0.538. The molecule has 1 atom stereocenters. The lowest BCUT2D eigenvalue weighted by Crippen LogP contribution is -2.39. The van der Waals surface area contributed by atoms with Crippen molar-refractivity contribution in [2.45, 2.75) is 32.7 Å². The molecule has 2 heterocycles. The highest BCUT2D eigenvalue weighted by atomic mass is 32.1. The Labute approximate surface area is 110 Å². The zero-order valence-corrected chi connectivity index (χ0v) is 11.4. The smallest absolute Gasteiger partial charge is 0.407 e. The highest BCUT2D eigenvalue weighted by Gasteiger charge is 2.32. The zero-order valence-electron chi connectivity index (χ0n) is 10.5. The molecule has 5 heteroatoms. The molecule has 0 saturated heterocycles. The first-order valence-electron chi connectivity index (χ1n) is 6.10. The third-order valence-electron chi connectivity index (χ3n) is 3.22. The molecule has 1 aliphatic rings. The van der Waals surface area contributed by atoms with Crippen molar-refractivity contribution < 1.29 is 14.7 Å². The van der Waals surface area contributed by atoms with Crippen LogP contribution in [0.15, 0.2) is 6.07 Å². The number of aldehydes is 1. The van der Waals surface area contributed by atoms with Crippen LogP contribution in [0.3, 0.4) is 0 Å². The Morgan fingerprint density at radius 3 is 2.94 bits per heavy atom. The summed E-state index contributed by atoms with van der Waals surface area (Å²) in [5, 5.41) is 9.27. The summed E-state index contributed by atoms with van der Waals surface area (Å²) in [6.45, 7) is 4.69. The van der Waals surface area contributed by atoms with Crippen molar-refractivity contribution in [3.63, 3.8) is 0 Å². The molecule has 0 saturated carbocycles. The molecule has 0 aliphatic carbocycles. The molecule has 0 spiro atoms. The maximum absolute atomic E-state index is 11.3. The van der Waals surface area contributed by atoms with Crippen molar-refractivity contribution in [2.24, 2.45) is 5.92 Å². The molecule has 98 valence electrons. The average Bonchev–Trinajstić information content (AvgIpc) is 2.71. The van der Waals surface area contributed by atoms with Crippen LogP contribution >= 0.6 is 11.3 Å². The van der Waals surface area contributed by atoms with Crippen LogP contribution in [0, 0.1) is 5.92 Å². The topological polar surface area (TPSA) is 57.6 Å². The lowest BCUT2D eigenvalue weighted by molar-refractivity contribution is 0.112. The fourth-order valence-electron chi connectivity index (χ4n) is 2.45. The van der Waals surface area contributed by atoms with E-state index < -0.39 is 6.09 Å². The van der Waals surface area contributed by atoms with Gasteiger partial charge in [0.2, 0.25) is 0 Å². The van der Waals surface area contributed by atoms with Crippen molar-refractivity contribution in [3.05, 3.63) is 21.4 Å². The van der Waals surface area contributed by atoms with Crippen LogP contribution in [-0.4, -0.2) is 28.9 Å². The minimum atomic E-state index is -0.868. The predicted octanol–water partition coefficient (Wildman–Crippen LogP) is 3.18. The number of nitrogens with zero attached hydrogens (tertiary/aromatic N) is 1. The molecule has 18 heavy (non-hydrogen) atoms. The molecule has 4 nitrogen and oxygen atoms in total. The zero-order chi connectivity index (χ0) is 13.3. The molecule has 0 aromatic carbocycles. The summed E-state index contributed by atoms with van der Waals surface area (Å²) in [5.74, 6) is 0.421. The Kier molecular flexibility index (Phi) is 3.71. The highest BCUT2D eigenvalue weighted by molar-refractivity contribution is 7.13. The van der Waals surface area contributed by atoms with Gasteiger partial charge >= 0.3 is 6.09 Å². The third kappa shape index (κ3) is 2.41. The number of carbonyl (C=O) groups excluding carboxylic acids is 1. The molecule has 1 unspecified atom stereocenters. The van der Waals surface area contributed by atoms with E-state index >= 15 is 0 Å². The van der Waals surface area contributed by atoms with E-state index in [1.165, 1.54) is 16.2 Å². The van der Waals surface area contributed by atoms with E-state index in [4.69, 9.17) is 0 Å². The molecule has 0 bridgehead atoms. The number of carboxylic acid groups (broad SMARTS) is 1. The Morgan fingerprint density at radius 1 is 1.67 bits per heavy atom. The second-order valence-electron chi connectivity index (χ2n) is 5.03. The largest absolute Gasteiger partial charge is 0.465 e. The van der Waals surface area contributed by atoms with Crippen LogP contribution in [0.1, 0.15) is 46.4 Å². The maximum atomic E-state index is 11.3. The van der Waals surface area contributed by atoms with E-state index in [-0.39, 0.29) is 6.04 Å². The van der Waals surface area contributed by atoms with Gasteiger partial charge in [-0.15, -0.1) is 11.3 Å². The van der Waals surface area contributed by atoms with Gasteiger partial charge in [-0.05, 0) is 30.4 Å². The highest BCUT2D eigenvalue weighted by Crippen LogP contribution is 2.39. The van der Waals surface area contributed by atoms with E-state index in [0.717, 1.165) is 23.1 Å². The van der Waals surface area contributed by atoms with Gasteiger partial charge in [0.05, 0.1) is 10.9 Å². The molecule has 1 N–H and O–H groups in total. The Balaban J connectivity index is 2.37. The number of fused-ring (bicyclic) bond motifs is 1. The van der Waals surface area contributed by atoms with Gasteiger partial charge in [0.1, 0.15) is 0 Å². The summed E-state index contributed by atoms with van der Waals surface area (Å²) >= 11 is 1.43. The number of carbonyl (C=O) groups is 2. The lowest BCUT2D eigenvalue weighted by Gasteiger charge is -2.34. The molecular weight excluding hydrogens is 250 g/mol. The van der Waals surface area contributed by atoms with Crippen molar-refractivity contribution in [1.82, 2.24) is 4.90 Å². The first kappa shape index (κ1) is 13.1. The molecule has 2 rings (SSSR count). The van der Waals surface area contributed by atoms with E-state index in [1.54, 1.807) is 0 Å². The van der Waals surface area contributed by atoms with Crippen LogP contribution in [0.5, 0.6) is 0 Å². The predicted molar refractivity (Wildman–Crippen MR) is 70.3 cm³/mol. The minimum Gasteiger partial charge on any atom is -0.465 e. The van der Waals surface area contributed by atoms with Crippen molar-refractivity contribution >= 4 is 23.7 Å². The van der Waals surface area contributed by atoms with Gasteiger partial charge < -0.3 is 10.0 Å². The van der Waals surface area contributed by atoms with Crippen molar-refractivity contribution in [2.75, 3.05) is 6.54 Å². The van der Waals surface area contributed by atoms with E-state index in [0.29, 0.717) is 23.8 Å². The van der Waals surface area contributed by atoms with Crippen LogP contribution in [0.25, 0.3) is 0 Å². The summed E-state index contributed by atoms with van der Waals surface area (Å²) in [4.78, 5) is 25.4. The van der Waals surface area contributed by atoms with Crippen LogP contribution in [0.4, 0.5) is 4.79 Å². The monoisotopic (exact) mass is 267 g/mol. The van der Waals surface area contributed by atoms with E-state index in [2.05, 4.69) is 13.8 Å². The van der Waals surface area contributed by atoms with E-state index in [9.17, 15) is 14.7 Å². The number of hydrogen-bond donors (Lipinski definition) is 1. The summed E-state index contributed by atoms with van der Waals surface area (Å²) < 4.78 is 0. The van der Waals surface area contributed by atoms with Gasteiger partial charge in [0.15, 0.2) is 6.29 Å². The van der Waals surface area contributed by atoms with Gasteiger partial charge in [0, 0.05) is 11.4 Å². The van der Waals surface area contributed by atoms with Crippen LogP contribution < -0.4 is 0 Å². The Morgan fingerprint density at radius 2 is 2.39 bits per heavy atom. The van der Waals surface area contributed by atoms with Gasteiger partial charge in [-0.25, -0.2) is 4.79 Å². The second-order valence-corrected chi connectivity index (χ2v) is 6.14. The molecular formula is C13H17NO3S. The SMILES string of the molecule is CC(C)CC1c2sc(C=O)cc2CCN1C(=O)O. The Hall–Kier alpha value is -1.36. The minimum absolute atomic E-state index is 0.0926. The lowest BCUT2D eigenvalue weighted by atomic mass is 9.94. The van der Waals surface area contributed by atoms with Crippen molar-refractivity contribution in [3.8, 4) is 0 Å². The van der Waals surface area contributed by atoms with Gasteiger partial charge in [-0.3, -0.25) is 4.79 Å². The fourth-order valence-corrected chi connectivity index (χ4v) is 3.60. The molecule has 0 fully saturated rings.